The number of carbonyl (C=O) groups is 1. The van der Waals surface area contributed by atoms with Crippen LogP contribution in [0.3, 0.4) is 0 Å². The highest BCUT2D eigenvalue weighted by atomic mass is 35.5. The number of nitrogens with zero attached hydrogens (tertiary/aromatic N) is 1. The maximum absolute atomic E-state index is 12.4. The van der Waals surface area contributed by atoms with Crippen molar-refractivity contribution in [3.8, 4) is 0 Å². The first-order valence-electron chi connectivity index (χ1n) is 7.73. The van der Waals surface area contributed by atoms with Crippen LogP contribution >= 0.6 is 11.6 Å². The highest BCUT2D eigenvalue weighted by molar-refractivity contribution is 7.88. The van der Waals surface area contributed by atoms with E-state index in [1.54, 1.807) is 30.3 Å². The van der Waals surface area contributed by atoms with Crippen molar-refractivity contribution in [2.75, 3.05) is 18.1 Å². The first-order valence-corrected chi connectivity index (χ1v) is 9.95. The van der Waals surface area contributed by atoms with Crippen LogP contribution in [0.4, 0.5) is 5.69 Å². The van der Waals surface area contributed by atoms with E-state index in [0.717, 1.165) is 21.7 Å². The average Bonchev–Trinajstić information content (AvgIpc) is 2.52. The summed E-state index contributed by atoms with van der Waals surface area (Å²) in [4.78, 5) is 12.4. The maximum atomic E-state index is 12.4. The van der Waals surface area contributed by atoms with Crippen molar-refractivity contribution in [2.24, 2.45) is 0 Å². The van der Waals surface area contributed by atoms with Crippen LogP contribution in [0.25, 0.3) is 0 Å². The molecule has 0 bridgehead atoms. The van der Waals surface area contributed by atoms with Gasteiger partial charge >= 0.3 is 0 Å². The zero-order valence-corrected chi connectivity index (χ0v) is 16.0. The molecule has 2 aromatic rings. The third kappa shape index (κ3) is 5.29. The molecule has 7 heteroatoms. The van der Waals surface area contributed by atoms with Crippen molar-refractivity contribution in [2.45, 2.75) is 20.4 Å². The highest BCUT2D eigenvalue weighted by Crippen LogP contribution is 2.20. The molecule has 134 valence electrons. The lowest BCUT2D eigenvalue weighted by Gasteiger charge is -2.20. The first kappa shape index (κ1) is 19.4. The lowest BCUT2D eigenvalue weighted by Crippen LogP contribution is -2.37. The van der Waals surface area contributed by atoms with Crippen LogP contribution in [-0.4, -0.2) is 31.4 Å². The summed E-state index contributed by atoms with van der Waals surface area (Å²) in [6.45, 7) is 3.62. The Labute approximate surface area is 153 Å². The largest absolute Gasteiger partial charge is 0.325 e. The smallest absolute Gasteiger partial charge is 0.239 e. The summed E-state index contributed by atoms with van der Waals surface area (Å²) in [6.07, 6.45) is 1.08. The standard InChI is InChI=1S/C18H21ClN2O3S/c1-13-7-6-10-17(14(13)2)20-18(22)12-21(25(3,23)24)11-15-8-4-5-9-16(15)19/h4-10H,11-12H2,1-3H3,(H,20,22). The van der Waals surface area contributed by atoms with Gasteiger partial charge in [-0.1, -0.05) is 41.9 Å². The molecular formula is C18H21ClN2O3S. The number of aryl methyl sites for hydroxylation is 1. The zero-order valence-electron chi connectivity index (χ0n) is 14.4. The van der Waals surface area contributed by atoms with E-state index in [2.05, 4.69) is 5.32 Å². The summed E-state index contributed by atoms with van der Waals surface area (Å²) in [5.74, 6) is -0.397. The third-order valence-corrected chi connectivity index (χ3v) is 5.54. The van der Waals surface area contributed by atoms with E-state index in [4.69, 9.17) is 11.6 Å². The van der Waals surface area contributed by atoms with Crippen molar-refractivity contribution in [3.05, 3.63) is 64.2 Å². The normalized spacial score (nSPS) is 11.6. The second-order valence-electron chi connectivity index (χ2n) is 5.92. The first-order chi connectivity index (χ1) is 11.7. The number of carbonyl (C=O) groups excluding carboxylic acids is 1. The van der Waals surface area contributed by atoms with Crippen molar-refractivity contribution < 1.29 is 13.2 Å². The van der Waals surface area contributed by atoms with E-state index in [9.17, 15) is 13.2 Å². The second kappa shape index (κ2) is 7.99. The summed E-state index contributed by atoms with van der Waals surface area (Å²) in [5.41, 5.74) is 3.33. The van der Waals surface area contributed by atoms with E-state index in [-0.39, 0.29) is 13.1 Å². The molecule has 1 N–H and O–H groups in total. The van der Waals surface area contributed by atoms with Crippen LogP contribution in [0.15, 0.2) is 42.5 Å². The molecule has 0 aliphatic carbocycles. The summed E-state index contributed by atoms with van der Waals surface area (Å²) in [7, 11) is -3.57. The van der Waals surface area contributed by atoms with Gasteiger partial charge in [0.25, 0.3) is 0 Å². The molecule has 0 unspecified atom stereocenters. The molecule has 5 nitrogen and oxygen atoms in total. The lowest BCUT2D eigenvalue weighted by atomic mass is 10.1. The maximum Gasteiger partial charge on any atom is 0.239 e. The molecule has 25 heavy (non-hydrogen) atoms. The van der Waals surface area contributed by atoms with Crippen LogP contribution in [0.1, 0.15) is 16.7 Å². The quantitative estimate of drug-likeness (QED) is 0.835. The Kier molecular flexibility index (Phi) is 6.21. The fraction of sp³-hybridized carbons (Fsp3) is 0.278. The molecule has 0 saturated heterocycles. The number of halogens is 1. The van der Waals surface area contributed by atoms with Gasteiger partial charge in [-0.3, -0.25) is 4.79 Å². The van der Waals surface area contributed by atoms with Gasteiger partial charge in [0.1, 0.15) is 0 Å². The van der Waals surface area contributed by atoms with Gasteiger partial charge in [-0.25, -0.2) is 8.42 Å². The summed E-state index contributed by atoms with van der Waals surface area (Å²) < 4.78 is 25.2. The number of anilines is 1. The van der Waals surface area contributed by atoms with Gasteiger partial charge in [0.15, 0.2) is 0 Å². The van der Waals surface area contributed by atoms with E-state index >= 15 is 0 Å². The van der Waals surface area contributed by atoms with E-state index in [1.165, 1.54) is 0 Å². The SMILES string of the molecule is Cc1cccc(NC(=O)CN(Cc2ccccc2Cl)S(C)(=O)=O)c1C. The Balaban J connectivity index is 2.16. The molecule has 2 aromatic carbocycles. The monoisotopic (exact) mass is 380 g/mol. The van der Waals surface area contributed by atoms with E-state index < -0.39 is 15.9 Å². The predicted octanol–water partition coefficient (Wildman–Crippen LogP) is 3.36. The van der Waals surface area contributed by atoms with Gasteiger partial charge in [0, 0.05) is 17.3 Å². The lowest BCUT2D eigenvalue weighted by molar-refractivity contribution is -0.116. The Hall–Kier alpha value is -1.89. The summed E-state index contributed by atoms with van der Waals surface area (Å²) >= 11 is 6.10. The second-order valence-corrected chi connectivity index (χ2v) is 8.31. The molecule has 2 rings (SSSR count). The number of rotatable bonds is 6. The molecule has 1 amide bonds. The van der Waals surface area contributed by atoms with Crippen LogP contribution in [0.2, 0.25) is 5.02 Å². The van der Waals surface area contributed by atoms with Gasteiger partial charge in [-0.15, -0.1) is 0 Å². The number of benzene rings is 2. The minimum atomic E-state index is -3.57. The molecular weight excluding hydrogens is 360 g/mol. The van der Waals surface area contributed by atoms with E-state index in [1.807, 2.05) is 26.0 Å². The van der Waals surface area contributed by atoms with Gasteiger partial charge < -0.3 is 5.32 Å². The summed E-state index contributed by atoms with van der Waals surface area (Å²) in [6, 6.07) is 12.6. The van der Waals surface area contributed by atoms with E-state index in [0.29, 0.717) is 16.3 Å². The van der Waals surface area contributed by atoms with Gasteiger partial charge in [0.05, 0.1) is 12.8 Å². The highest BCUT2D eigenvalue weighted by Gasteiger charge is 2.21. The Bertz CT molecular complexity index is 882. The number of hydrogen-bond donors (Lipinski definition) is 1. The molecule has 0 aromatic heterocycles. The average molecular weight is 381 g/mol. The van der Waals surface area contributed by atoms with Gasteiger partial charge in [-0.05, 0) is 42.7 Å². The number of sulfonamides is 1. The number of hydrogen-bond acceptors (Lipinski definition) is 3. The number of amides is 1. The minimum absolute atomic E-state index is 0.0404. The van der Waals surface area contributed by atoms with Gasteiger partial charge in [-0.2, -0.15) is 4.31 Å². The summed E-state index contributed by atoms with van der Waals surface area (Å²) in [5, 5.41) is 3.24. The molecule has 0 fully saturated rings. The molecule has 0 aliphatic heterocycles. The van der Waals surface area contributed by atoms with Crippen LogP contribution in [0, 0.1) is 13.8 Å². The van der Waals surface area contributed by atoms with Gasteiger partial charge in [0.2, 0.25) is 15.9 Å². The third-order valence-electron chi connectivity index (χ3n) is 3.97. The molecule has 0 spiro atoms. The van der Waals surface area contributed by atoms with Crippen molar-refractivity contribution >= 4 is 33.2 Å². The number of nitrogens with one attached hydrogen (secondary N) is 1. The molecule has 0 heterocycles. The zero-order chi connectivity index (χ0) is 18.6. The Morgan fingerprint density at radius 2 is 1.80 bits per heavy atom. The van der Waals surface area contributed by atoms with Crippen LogP contribution in [-0.2, 0) is 21.4 Å². The molecule has 0 saturated carbocycles. The fourth-order valence-electron chi connectivity index (χ4n) is 2.34. The topological polar surface area (TPSA) is 66.5 Å². The molecule has 0 radical (unpaired) electrons. The van der Waals surface area contributed by atoms with Crippen molar-refractivity contribution in [1.82, 2.24) is 4.31 Å². The molecule has 0 atom stereocenters. The fourth-order valence-corrected chi connectivity index (χ4v) is 3.26. The Morgan fingerprint density at radius 1 is 1.12 bits per heavy atom. The van der Waals surface area contributed by atoms with Crippen LogP contribution in [0.5, 0.6) is 0 Å². The Morgan fingerprint density at radius 3 is 2.44 bits per heavy atom. The molecule has 0 aliphatic rings. The predicted molar refractivity (Wildman–Crippen MR) is 101 cm³/mol. The minimum Gasteiger partial charge on any atom is -0.325 e. The van der Waals surface area contributed by atoms with Crippen molar-refractivity contribution in [3.63, 3.8) is 0 Å². The van der Waals surface area contributed by atoms with Crippen molar-refractivity contribution in [1.29, 1.82) is 0 Å². The van der Waals surface area contributed by atoms with Crippen LogP contribution < -0.4 is 5.32 Å².